The second kappa shape index (κ2) is 7.72. The molecule has 0 unspecified atom stereocenters. The van der Waals surface area contributed by atoms with Crippen molar-refractivity contribution in [3.05, 3.63) is 29.8 Å². The molecule has 0 atom stereocenters. The molecule has 2 amide bonds. The Morgan fingerprint density at radius 1 is 1.28 bits per heavy atom. The number of hydrogen-bond donors (Lipinski definition) is 2. The molecule has 5 nitrogen and oxygen atoms in total. The number of carbonyl (C=O) groups is 2. The number of amides is 2. The quantitative estimate of drug-likeness (QED) is 0.793. The first-order valence-electron chi connectivity index (χ1n) is 9.17. The second-order valence-electron chi connectivity index (χ2n) is 7.22. The average Bonchev–Trinajstić information content (AvgIpc) is 2.56. The van der Waals surface area contributed by atoms with Gasteiger partial charge in [0.2, 0.25) is 0 Å². The third kappa shape index (κ3) is 4.41. The van der Waals surface area contributed by atoms with E-state index in [0.717, 1.165) is 24.8 Å². The molecule has 3 N–H and O–H groups in total. The predicted octanol–water partition coefficient (Wildman–Crippen LogP) is 4.06. The summed E-state index contributed by atoms with van der Waals surface area (Å²) in [5.41, 5.74) is 9.80. The predicted molar refractivity (Wildman–Crippen MR) is 101 cm³/mol. The minimum Gasteiger partial charge on any atom is -0.397 e. The van der Waals surface area contributed by atoms with Gasteiger partial charge in [-0.3, -0.25) is 0 Å². The lowest BCUT2D eigenvalue weighted by Crippen LogP contribution is -2.51. The third-order valence-corrected chi connectivity index (χ3v) is 5.11. The first-order valence-corrected chi connectivity index (χ1v) is 9.17. The van der Waals surface area contributed by atoms with Gasteiger partial charge in [-0.15, -0.1) is 0 Å². The summed E-state index contributed by atoms with van der Waals surface area (Å²) >= 11 is 0. The molecule has 1 saturated heterocycles. The molecule has 5 heteroatoms. The molecule has 3 rings (SSSR count). The summed E-state index contributed by atoms with van der Waals surface area (Å²) in [6, 6.07) is 5.77. The van der Waals surface area contributed by atoms with Crippen molar-refractivity contribution < 1.29 is 9.59 Å². The van der Waals surface area contributed by atoms with Crippen LogP contribution < -0.4 is 11.1 Å². The number of hydrogen-bond acceptors (Lipinski definition) is 3. The molecule has 134 valence electrons. The topological polar surface area (TPSA) is 75.4 Å². The van der Waals surface area contributed by atoms with E-state index in [-0.39, 0.29) is 11.8 Å². The van der Waals surface area contributed by atoms with Gasteiger partial charge in [0.25, 0.3) is 0 Å². The zero-order valence-electron chi connectivity index (χ0n) is 14.9. The second-order valence-corrected chi connectivity index (χ2v) is 7.22. The van der Waals surface area contributed by atoms with Crippen LogP contribution in [0.1, 0.15) is 51.0 Å². The lowest BCUT2D eigenvalue weighted by molar-refractivity contribution is -0.117. The van der Waals surface area contributed by atoms with Crippen molar-refractivity contribution in [3.63, 3.8) is 0 Å². The van der Waals surface area contributed by atoms with Gasteiger partial charge in [-0.05, 0) is 68.2 Å². The Kier molecular flexibility index (Phi) is 5.41. The first-order chi connectivity index (χ1) is 12.0. The van der Waals surface area contributed by atoms with Crippen molar-refractivity contribution in [2.24, 2.45) is 5.92 Å². The summed E-state index contributed by atoms with van der Waals surface area (Å²) in [5.74, 6) is 0.648. The van der Waals surface area contributed by atoms with Crippen LogP contribution in [0.3, 0.4) is 0 Å². The van der Waals surface area contributed by atoms with E-state index >= 15 is 0 Å². The van der Waals surface area contributed by atoms with Crippen LogP contribution in [0.25, 0.3) is 5.57 Å². The van der Waals surface area contributed by atoms with Crippen LogP contribution in [0.5, 0.6) is 0 Å². The zero-order valence-corrected chi connectivity index (χ0v) is 14.9. The number of allylic oxidation sites excluding steroid dienone is 2. The lowest BCUT2D eigenvalue weighted by atomic mass is 9.93. The number of likely N-dealkylation sites (tertiary alicyclic amines) is 1. The van der Waals surface area contributed by atoms with Crippen molar-refractivity contribution in [3.8, 4) is 0 Å². The van der Waals surface area contributed by atoms with Gasteiger partial charge in [-0.25, -0.2) is 4.79 Å². The van der Waals surface area contributed by atoms with Crippen LogP contribution in [0.4, 0.5) is 16.2 Å². The highest BCUT2D eigenvalue weighted by Crippen LogP contribution is 2.31. The molecule has 0 saturated carbocycles. The van der Waals surface area contributed by atoms with E-state index < -0.39 is 0 Å². The van der Waals surface area contributed by atoms with Crippen molar-refractivity contribution in [2.45, 2.75) is 45.4 Å². The Morgan fingerprint density at radius 3 is 2.76 bits per heavy atom. The monoisotopic (exact) mass is 341 g/mol. The maximum absolute atomic E-state index is 12.4. The highest BCUT2D eigenvalue weighted by atomic mass is 16.2. The fourth-order valence-electron chi connectivity index (χ4n) is 3.48. The molecule has 1 aliphatic carbocycles. The molecule has 2 aliphatic rings. The van der Waals surface area contributed by atoms with Gasteiger partial charge in [-0.2, -0.15) is 0 Å². The van der Waals surface area contributed by atoms with E-state index in [4.69, 9.17) is 5.73 Å². The summed E-state index contributed by atoms with van der Waals surface area (Å²) in [4.78, 5) is 25.2. The van der Waals surface area contributed by atoms with Gasteiger partial charge in [0.05, 0.1) is 11.4 Å². The number of ketones is 1. The van der Waals surface area contributed by atoms with Gasteiger partial charge in [0.1, 0.15) is 5.78 Å². The Morgan fingerprint density at radius 2 is 2.08 bits per heavy atom. The molecule has 0 bridgehead atoms. The Hall–Kier alpha value is -2.30. The van der Waals surface area contributed by atoms with Gasteiger partial charge in [-0.1, -0.05) is 12.1 Å². The van der Waals surface area contributed by atoms with Crippen molar-refractivity contribution in [2.75, 3.05) is 24.1 Å². The van der Waals surface area contributed by atoms with E-state index in [2.05, 4.69) is 11.4 Å². The minimum absolute atomic E-state index is 0.111. The van der Waals surface area contributed by atoms with Crippen LogP contribution in [-0.2, 0) is 4.79 Å². The fourth-order valence-corrected chi connectivity index (χ4v) is 3.48. The van der Waals surface area contributed by atoms with Crippen LogP contribution >= 0.6 is 0 Å². The number of nitrogens with two attached hydrogens (primary N) is 1. The molecular weight excluding hydrogens is 314 g/mol. The normalized spacial score (nSPS) is 17.6. The number of rotatable bonds is 5. The van der Waals surface area contributed by atoms with E-state index in [0.29, 0.717) is 36.8 Å². The molecule has 0 spiro atoms. The Labute approximate surface area is 149 Å². The molecule has 1 fully saturated rings. The Balaban J connectivity index is 1.58. The molecule has 1 aliphatic heterocycles. The maximum Gasteiger partial charge on any atom is 0.321 e. The number of Topliss-reactive ketones (excluding diaryl/α,β-unsaturated/α-hetero) is 1. The van der Waals surface area contributed by atoms with Crippen molar-refractivity contribution >= 4 is 28.8 Å². The molecule has 1 aromatic carbocycles. The smallest absolute Gasteiger partial charge is 0.321 e. The van der Waals surface area contributed by atoms with Gasteiger partial charge >= 0.3 is 6.03 Å². The van der Waals surface area contributed by atoms with E-state index in [1.165, 1.54) is 18.4 Å². The van der Waals surface area contributed by atoms with E-state index in [1.807, 2.05) is 18.2 Å². The molecular formula is C20H27N3O2. The fraction of sp³-hybridized carbons (Fsp3) is 0.500. The first kappa shape index (κ1) is 17.5. The zero-order chi connectivity index (χ0) is 17.8. The van der Waals surface area contributed by atoms with Crippen LogP contribution in [0.15, 0.2) is 24.3 Å². The lowest BCUT2D eigenvalue weighted by Gasteiger charge is -2.39. The highest BCUT2D eigenvalue weighted by molar-refractivity contribution is 5.94. The van der Waals surface area contributed by atoms with Gasteiger partial charge in [0, 0.05) is 19.5 Å². The van der Waals surface area contributed by atoms with E-state index in [1.54, 1.807) is 11.8 Å². The third-order valence-electron chi connectivity index (χ3n) is 5.11. The molecule has 0 radical (unpaired) electrons. The van der Waals surface area contributed by atoms with Crippen LogP contribution in [0.2, 0.25) is 0 Å². The molecule has 0 aromatic heterocycles. The highest BCUT2D eigenvalue weighted by Gasteiger charge is 2.30. The van der Waals surface area contributed by atoms with Crippen molar-refractivity contribution in [1.82, 2.24) is 4.90 Å². The Bertz CT molecular complexity index is 690. The number of anilines is 2. The number of carbonyl (C=O) groups excluding carboxylic acids is 2. The summed E-state index contributed by atoms with van der Waals surface area (Å²) in [6.45, 7) is 3.04. The van der Waals surface area contributed by atoms with Crippen LogP contribution in [0, 0.1) is 5.92 Å². The average molecular weight is 341 g/mol. The van der Waals surface area contributed by atoms with E-state index in [9.17, 15) is 9.59 Å². The largest absolute Gasteiger partial charge is 0.397 e. The van der Waals surface area contributed by atoms with Gasteiger partial charge < -0.3 is 20.7 Å². The number of nitrogens with zero attached hydrogens (tertiary/aromatic N) is 1. The molecule has 1 aromatic rings. The van der Waals surface area contributed by atoms with Crippen molar-refractivity contribution in [1.29, 1.82) is 0 Å². The standard InChI is InChI=1S/C20H27N3O2/c1-14(24)7-8-15-12-23(13-15)20(25)22-19-11-17(9-10-18(19)21)16-5-3-2-4-6-16/h5,9-11,15H,2-4,6-8,12-13,21H2,1H3,(H,22,25). The number of nitrogens with one attached hydrogen (secondary N) is 1. The number of urea groups is 1. The molecule has 25 heavy (non-hydrogen) atoms. The number of nitrogen functional groups attached to an aromatic ring is 1. The van der Waals surface area contributed by atoms with Gasteiger partial charge in [0.15, 0.2) is 0 Å². The summed E-state index contributed by atoms with van der Waals surface area (Å²) in [6.07, 6.45) is 8.43. The molecule has 1 heterocycles. The maximum atomic E-state index is 12.4. The van der Waals surface area contributed by atoms with Crippen LogP contribution in [-0.4, -0.2) is 29.8 Å². The minimum atomic E-state index is -0.111. The number of benzene rings is 1. The summed E-state index contributed by atoms with van der Waals surface area (Å²) in [5, 5.41) is 2.94. The summed E-state index contributed by atoms with van der Waals surface area (Å²) < 4.78 is 0. The summed E-state index contributed by atoms with van der Waals surface area (Å²) in [7, 11) is 0. The SMILES string of the molecule is CC(=O)CCC1CN(C(=O)Nc2cc(C3=CCCCC3)ccc2N)C1.